The molecule has 0 aliphatic carbocycles. The molecule has 2 atom stereocenters. The molecule has 3 aliphatic heterocycles. The Labute approximate surface area is 159 Å². The van der Waals surface area contributed by atoms with Crippen molar-refractivity contribution in [2.24, 2.45) is 5.92 Å². The van der Waals surface area contributed by atoms with Gasteiger partial charge >= 0.3 is 0 Å². The largest absolute Gasteiger partial charge is 0.486 e. The van der Waals surface area contributed by atoms with Gasteiger partial charge in [-0.15, -0.1) is 0 Å². The molecule has 2 amide bonds. The number of rotatable bonds is 5. The second kappa shape index (κ2) is 7.76. The van der Waals surface area contributed by atoms with Gasteiger partial charge in [0.25, 0.3) is 0 Å². The SMILES string of the molecule is CCCN(C(=O)C1CCN(c2ccc3c(c2)OCCO3)C1=O)C1CCNC1. The van der Waals surface area contributed by atoms with E-state index in [4.69, 9.17) is 9.47 Å². The molecule has 4 rings (SSSR count). The summed E-state index contributed by atoms with van der Waals surface area (Å²) in [6.07, 6.45) is 2.42. The zero-order chi connectivity index (χ0) is 18.8. The van der Waals surface area contributed by atoms with Crippen LogP contribution in [0.5, 0.6) is 11.5 Å². The normalized spacial score (nSPS) is 24.3. The number of ether oxygens (including phenoxy) is 2. The van der Waals surface area contributed by atoms with E-state index in [-0.39, 0.29) is 17.9 Å². The molecule has 0 aromatic heterocycles. The number of amides is 2. The van der Waals surface area contributed by atoms with E-state index in [1.54, 1.807) is 4.90 Å². The molecule has 0 saturated carbocycles. The highest BCUT2D eigenvalue weighted by Gasteiger charge is 2.41. The molecule has 0 spiro atoms. The lowest BCUT2D eigenvalue weighted by atomic mass is 10.0. The molecular weight excluding hydrogens is 346 g/mol. The number of fused-ring (bicyclic) bond motifs is 1. The van der Waals surface area contributed by atoms with Crippen LogP contribution in [0.25, 0.3) is 0 Å². The molecule has 7 nitrogen and oxygen atoms in total. The van der Waals surface area contributed by atoms with Gasteiger partial charge in [-0.25, -0.2) is 0 Å². The van der Waals surface area contributed by atoms with Crippen LogP contribution in [0.3, 0.4) is 0 Å². The van der Waals surface area contributed by atoms with Crippen LogP contribution in [0.1, 0.15) is 26.2 Å². The van der Waals surface area contributed by atoms with Crippen LogP contribution < -0.4 is 19.7 Å². The number of carbonyl (C=O) groups excluding carboxylic acids is 2. The summed E-state index contributed by atoms with van der Waals surface area (Å²) >= 11 is 0. The van der Waals surface area contributed by atoms with Gasteiger partial charge in [0.2, 0.25) is 11.8 Å². The van der Waals surface area contributed by atoms with Crippen LogP contribution >= 0.6 is 0 Å². The minimum absolute atomic E-state index is 0.0180. The maximum atomic E-state index is 13.1. The van der Waals surface area contributed by atoms with Gasteiger partial charge in [-0.1, -0.05) is 6.92 Å². The lowest BCUT2D eigenvalue weighted by molar-refractivity contribution is -0.141. The first-order chi connectivity index (χ1) is 13.2. The second-order valence-corrected chi connectivity index (χ2v) is 7.34. The van der Waals surface area contributed by atoms with Crippen molar-refractivity contribution in [3.63, 3.8) is 0 Å². The van der Waals surface area contributed by atoms with Crippen LogP contribution in [0.4, 0.5) is 5.69 Å². The summed E-state index contributed by atoms with van der Waals surface area (Å²) in [6, 6.07) is 5.74. The molecule has 3 heterocycles. The number of nitrogens with zero attached hydrogens (tertiary/aromatic N) is 2. The van der Waals surface area contributed by atoms with Gasteiger partial charge in [0.15, 0.2) is 11.5 Å². The Morgan fingerprint density at radius 3 is 2.81 bits per heavy atom. The Balaban J connectivity index is 1.50. The summed E-state index contributed by atoms with van der Waals surface area (Å²) < 4.78 is 11.2. The molecular formula is C20H27N3O4. The van der Waals surface area contributed by atoms with Crippen molar-refractivity contribution >= 4 is 17.5 Å². The van der Waals surface area contributed by atoms with Crippen molar-refractivity contribution in [2.75, 3.05) is 44.3 Å². The Bertz CT molecular complexity index is 717. The molecule has 146 valence electrons. The van der Waals surface area contributed by atoms with Crippen molar-refractivity contribution in [3.05, 3.63) is 18.2 Å². The molecule has 0 radical (unpaired) electrons. The minimum Gasteiger partial charge on any atom is -0.486 e. The zero-order valence-electron chi connectivity index (χ0n) is 15.8. The fourth-order valence-electron chi connectivity index (χ4n) is 4.18. The van der Waals surface area contributed by atoms with E-state index in [0.29, 0.717) is 44.2 Å². The number of benzene rings is 1. The predicted octanol–water partition coefficient (Wildman–Crippen LogP) is 1.41. The van der Waals surface area contributed by atoms with Gasteiger partial charge in [0.05, 0.1) is 0 Å². The fraction of sp³-hybridized carbons (Fsp3) is 0.600. The second-order valence-electron chi connectivity index (χ2n) is 7.34. The molecule has 0 bridgehead atoms. The highest BCUT2D eigenvalue weighted by atomic mass is 16.6. The van der Waals surface area contributed by atoms with E-state index < -0.39 is 5.92 Å². The first kappa shape index (κ1) is 18.1. The maximum Gasteiger partial charge on any atom is 0.239 e. The van der Waals surface area contributed by atoms with Crippen LogP contribution in [0, 0.1) is 5.92 Å². The van der Waals surface area contributed by atoms with Crippen molar-refractivity contribution in [1.82, 2.24) is 10.2 Å². The third kappa shape index (κ3) is 3.48. The number of nitrogens with one attached hydrogen (secondary N) is 1. The number of carbonyl (C=O) groups is 2. The molecule has 27 heavy (non-hydrogen) atoms. The zero-order valence-corrected chi connectivity index (χ0v) is 15.8. The summed E-state index contributed by atoms with van der Waals surface area (Å²) in [5.74, 6) is 0.655. The fourth-order valence-corrected chi connectivity index (χ4v) is 4.18. The smallest absolute Gasteiger partial charge is 0.239 e. The molecule has 2 unspecified atom stereocenters. The first-order valence-corrected chi connectivity index (χ1v) is 9.91. The molecule has 7 heteroatoms. The monoisotopic (exact) mass is 373 g/mol. The van der Waals surface area contributed by atoms with E-state index in [0.717, 1.165) is 31.6 Å². The highest BCUT2D eigenvalue weighted by Crippen LogP contribution is 2.36. The van der Waals surface area contributed by atoms with Gasteiger partial charge in [-0.3, -0.25) is 9.59 Å². The van der Waals surface area contributed by atoms with Crippen molar-refractivity contribution < 1.29 is 19.1 Å². The van der Waals surface area contributed by atoms with Crippen LogP contribution in [-0.2, 0) is 9.59 Å². The van der Waals surface area contributed by atoms with Crippen LogP contribution in [0.15, 0.2) is 18.2 Å². The predicted molar refractivity (Wildman–Crippen MR) is 101 cm³/mol. The number of hydrogen-bond donors (Lipinski definition) is 1. The van der Waals surface area contributed by atoms with Gasteiger partial charge in [-0.05, 0) is 37.9 Å². The minimum atomic E-state index is -0.578. The van der Waals surface area contributed by atoms with Crippen molar-refractivity contribution in [3.8, 4) is 11.5 Å². The van der Waals surface area contributed by atoms with Gasteiger partial charge < -0.3 is 24.6 Å². The Kier molecular flexibility index (Phi) is 5.20. The number of anilines is 1. The first-order valence-electron chi connectivity index (χ1n) is 9.91. The molecule has 2 saturated heterocycles. The topological polar surface area (TPSA) is 71.1 Å². The molecule has 3 aliphatic rings. The van der Waals surface area contributed by atoms with Crippen molar-refractivity contribution in [2.45, 2.75) is 32.2 Å². The summed E-state index contributed by atoms with van der Waals surface area (Å²) in [4.78, 5) is 29.8. The Morgan fingerprint density at radius 2 is 2.07 bits per heavy atom. The quantitative estimate of drug-likeness (QED) is 0.791. The third-order valence-corrected chi connectivity index (χ3v) is 5.56. The summed E-state index contributed by atoms with van der Waals surface area (Å²) in [7, 11) is 0. The van der Waals surface area contributed by atoms with Crippen LogP contribution in [0.2, 0.25) is 0 Å². The standard InChI is InChI=1S/C20H27N3O4/c1-2-8-22(15-5-7-21-13-15)19(24)16-6-9-23(20(16)25)14-3-4-17-18(12-14)27-11-10-26-17/h3-4,12,15-16,21H,2,5-11,13H2,1H3. The van der Waals surface area contributed by atoms with Gasteiger partial charge in [0.1, 0.15) is 19.1 Å². The maximum absolute atomic E-state index is 13.1. The number of hydrogen-bond acceptors (Lipinski definition) is 5. The van der Waals surface area contributed by atoms with Gasteiger partial charge in [-0.2, -0.15) is 0 Å². The van der Waals surface area contributed by atoms with E-state index in [2.05, 4.69) is 12.2 Å². The van der Waals surface area contributed by atoms with E-state index in [1.807, 2.05) is 23.1 Å². The molecule has 1 N–H and O–H groups in total. The van der Waals surface area contributed by atoms with Crippen molar-refractivity contribution in [1.29, 1.82) is 0 Å². The average Bonchev–Trinajstić information content (AvgIpc) is 3.35. The van der Waals surface area contributed by atoms with Gasteiger partial charge in [0, 0.05) is 37.4 Å². The summed E-state index contributed by atoms with van der Waals surface area (Å²) in [6.45, 7) is 6.12. The Morgan fingerprint density at radius 1 is 1.26 bits per heavy atom. The third-order valence-electron chi connectivity index (χ3n) is 5.56. The average molecular weight is 373 g/mol. The Hall–Kier alpha value is -2.28. The van der Waals surface area contributed by atoms with E-state index in [9.17, 15) is 9.59 Å². The van der Waals surface area contributed by atoms with E-state index in [1.165, 1.54) is 0 Å². The summed E-state index contributed by atoms with van der Waals surface area (Å²) in [5, 5.41) is 3.32. The lowest BCUT2D eigenvalue weighted by Crippen LogP contribution is -2.47. The molecule has 1 aromatic rings. The highest BCUT2D eigenvalue weighted by molar-refractivity contribution is 6.09. The van der Waals surface area contributed by atoms with E-state index >= 15 is 0 Å². The van der Waals surface area contributed by atoms with Crippen LogP contribution in [-0.4, -0.2) is 62.1 Å². The molecule has 1 aromatic carbocycles. The molecule has 2 fully saturated rings. The summed E-state index contributed by atoms with van der Waals surface area (Å²) in [5.41, 5.74) is 0.768. The lowest BCUT2D eigenvalue weighted by Gasteiger charge is -2.30.